The maximum absolute atomic E-state index is 2.55. The minimum atomic E-state index is -0.610. The van der Waals surface area contributed by atoms with Gasteiger partial charge in [-0.3, -0.25) is 0 Å². The molecule has 7 aromatic carbocycles. The van der Waals surface area contributed by atoms with Crippen LogP contribution in [0.5, 0.6) is 0 Å². The Morgan fingerprint density at radius 2 is 1.00 bits per heavy atom. The van der Waals surface area contributed by atoms with E-state index in [0.29, 0.717) is 0 Å². The van der Waals surface area contributed by atoms with Crippen LogP contribution in [-0.4, -0.2) is 14.0 Å². The second-order valence-electron chi connectivity index (χ2n) is 15.4. The van der Waals surface area contributed by atoms with Crippen molar-refractivity contribution in [3.05, 3.63) is 191 Å². The van der Waals surface area contributed by atoms with Crippen LogP contribution in [0.4, 0.5) is 5.69 Å². The summed E-state index contributed by atoms with van der Waals surface area (Å²) in [6.07, 6.45) is 5.73. The molecule has 4 heterocycles. The number of rotatable bonds is 4. The van der Waals surface area contributed by atoms with Crippen LogP contribution in [0.2, 0.25) is 0 Å². The van der Waals surface area contributed by atoms with E-state index in [1.165, 1.54) is 98.6 Å². The van der Waals surface area contributed by atoms with Gasteiger partial charge in [-0.15, -0.1) is 0 Å². The predicted molar refractivity (Wildman–Crippen MR) is 237 cm³/mol. The molecule has 0 saturated carbocycles. The van der Waals surface area contributed by atoms with E-state index in [4.69, 9.17) is 0 Å². The third kappa shape index (κ3) is 4.40. The molecule has 0 saturated heterocycles. The van der Waals surface area contributed by atoms with E-state index < -0.39 is 21.2 Å². The van der Waals surface area contributed by atoms with Gasteiger partial charge in [0.2, 0.25) is 0 Å². The van der Waals surface area contributed by atoms with Crippen molar-refractivity contribution in [1.29, 1.82) is 0 Å². The molecular formula is C50H35I2N4-. The summed E-state index contributed by atoms with van der Waals surface area (Å²) < 4.78 is 11.6. The summed E-state index contributed by atoms with van der Waals surface area (Å²) in [7, 11) is 0. The first-order valence-electron chi connectivity index (χ1n) is 19.2. The number of benzene rings is 7. The first-order valence-corrected chi connectivity index (χ1v) is 22.4. The average molecular weight is 946 g/mol. The fourth-order valence-electron chi connectivity index (χ4n) is 9.94. The summed E-state index contributed by atoms with van der Waals surface area (Å²) in [4.78, 5) is 0. The second kappa shape index (κ2) is 12.1. The summed E-state index contributed by atoms with van der Waals surface area (Å²) in [5.41, 5.74) is 12.7. The van der Waals surface area contributed by atoms with Gasteiger partial charge in [0.05, 0.1) is 0 Å². The molecule has 1 aliphatic heterocycles. The van der Waals surface area contributed by atoms with Crippen LogP contribution in [0.25, 0.3) is 65.4 Å². The SMILES string of the molecule is CC1=CC=C2N(n3c4ccccc4c4ccccc43)c3cccc([I-]c4cccc5c4c4ccccc4n5-n4c5ccccc5c5c(I)cccc54)c3C2(C)C1. The van der Waals surface area contributed by atoms with Gasteiger partial charge in [0.1, 0.15) is 0 Å². The van der Waals surface area contributed by atoms with Gasteiger partial charge in [0, 0.05) is 0 Å². The number of aromatic nitrogens is 3. The number of anilines is 1. The van der Waals surface area contributed by atoms with Crippen LogP contribution < -0.4 is 26.2 Å². The van der Waals surface area contributed by atoms with Gasteiger partial charge in [0.25, 0.3) is 0 Å². The van der Waals surface area contributed by atoms with E-state index in [9.17, 15) is 0 Å². The van der Waals surface area contributed by atoms with E-state index in [1.54, 1.807) is 0 Å². The zero-order chi connectivity index (χ0) is 37.3. The van der Waals surface area contributed by atoms with E-state index in [-0.39, 0.29) is 5.41 Å². The molecule has 2 aliphatic rings. The number of fused-ring (bicyclic) bond motifs is 12. The second-order valence-corrected chi connectivity index (χ2v) is 19.4. The van der Waals surface area contributed by atoms with Gasteiger partial charge < -0.3 is 0 Å². The van der Waals surface area contributed by atoms with Gasteiger partial charge >= 0.3 is 351 Å². The Labute approximate surface area is 348 Å². The Morgan fingerprint density at radius 3 is 1.66 bits per heavy atom. The van der Waals surface area contributed by atoms with E-state index in [2.05, 4.69) is 219 Å². The third-order valence-corrected chi connectivity index (χ3v) is 16.0. The van der Waals surface area contributed by atoms with E-state index >= 15 is 0 Å². The molecule has 0 amide bonds. The molecule has 0 bridgehead atoms. The van der Waals surface area contributed by atoms with Crippen LogP contribution in [-0.2, 0) is 5.41 Å². The number of allylic oxidation sites excluding steroid dienone is 4. The molecule has 12 rings (SSSR count). The zero-order valence-corrected chi connectivity index (χ0v) is 35.2. The van der Waals surface area contributed by atoms with Gasteiger partial charge in [-0.1, -0.05) is 0 Å². The third-order valence-electron chi connectivity index (χ3n) is 12.1. The molecule has 1 unspecified atom stereocenters. The number of para-hydroxylation sites is 4. The van der Waals surface area contributed by atoms with Crippen LogP contribution in [0.3, 0.4) is 0 Å². The van der Waals surface area contributed by atoms with Gasteiger partial charge in [-0.05, 0) is 0 Å². The fourth-order valence-corrected chi connectivity index (χ4v) is 14.1. The van der Waals surface area contributed by atoms with Crippen LogP contribution in [0, 0.1) is 10.7 Å². The summed E-state index contributed by atoms with van der Waals surface area (Å²) in [6.45, 7) is 4.79. The molecule has 3 aromatic heterocycles. The Hall–Kier alpha value is -5.32. The monoisotopic (exact) mass is 945 g/mol. The molecule has 0 N–H and O–H groups in total. The van der Waals surface area contributed by atoms with Crippen LogP contribution in [0.15, 0.2) is 175 Å². The van der Waals surface area contributed by atoms with Crippen molar-refractivity contribution >= 4 is 93.7 Å². The van der Waals surface area contributed by atoms with Crippen molar-refractivity contribution in [2.24, 2.45) is 0 Å². The van der Waals surface area contributed by atoms with Crippen molar-refractivity contribution in [3.63, 3.8) is 0 Å². The van der Waals surface area contributed by atoms with E-state index in [0.717, 1.165) is 6.42 Å². The summed E-state index contributed by atoms with van der Waals surface area (Å²) in [5, 5.41) is 10.4. The van der Waals surface area contributed by atoms with Gasteiger partial charge in [-0.2, -0.15) is 0 Å². The van der Waals surface area contributed by atoms with Crippen molar-refractivity contribution in [3.8, 4) is 0 Å². The minimum absolute atomic E-state index is 0.168. The summed E-state index contributed by atoms with van der Waals surface area (Å²) >= 11 is 1.89. The van der Waals surface area contributed by atoms with Crippen LogP contribution >= 0.6 is 22.6 Å². The molecule has 6 heteroatoms. The molecule has 56 heavy (non-hydrogen) atoms. The normalized spacial score (nSPS) is 16.8. The molecule has 4 nitrogen and oxygen atoms in total. The standard InChI is InChI=1S/C50H35I2N4/c1-31-28-29-46-50(2,30-31)49-38(20-13-27-45(49)56(46)53-39-21-7-3-14-32(39)33-15-4-8-22-40(33)53)52-37-19-12-26-44-48(37)35-17-6-10-24-42(35)55(44)54-41-23-9-5-16-34(41)47-36(51)18-11-25-43(47)54/h3-29H,30H2,1-2H3/q-1. The molecule has 1 aliphatic carbocycles. The van der Waals surface area contributed by atoms with Crippen LogP contribution in [0.1, 0.15) is 25.8 Å². The molecule has 270 valence electrons. The van der Waals surface area contributed by atoms with Crippen molar-refractivity contribution in [2.75, 3.05) is 5.01 Å². The van der Waals surface area contributed by atoms with Crippen molar-refractivity contribution in [1.82, 2.24) is 14.0 Å². The Kier molecular flexibility index (Phi) is 7.10. The number of nitrogens with zero attached hydrogens (tertiary/aromatic N) is 4. The molecule has 0 spiro atoms. The van der Waals surface area contributed by atoms with Crippen molar-refractivity contribution < 1.29 is 21.2 Å². The Balaban J connectivity index is 1.10. The number of hydrogen-bond donors (Lipinski definition) is 0. The molecule has 0 fully saturated rings. The first kappa shape index (κ1) is 32.9. The van der Waals surface area contributed by atoms with Gasteiger partial charge in [0.15, 0.2) is 0 Å². The first-order chi connectivity index (χ1) is 27.5. The maximum atomic E-state index is 2.55. The van der Waals surface area contributed by atoms with Gasteiger partial charge in [-0.25, -0.2) is 0 Å². The molecule has 0 radical (unpaired) electrons. The zero-order valence-electron chi connectivity index (χ0n) is 30.8. The number of halogens is 2. The summed E-state index contributed by atoms with van der Waals surface area (Å²) in [6, 6.07) is 56.5. The topological polar surface area (TPSA) is 18.0 Å². The van der Waals surface area contributed by atoms with E-state index in [1.807, 2.05) is 0 Å². The molecule has 1 atom stereocenters. The molecule has 10 aromatic rings. The number of hydrogen-bond acceptors (Lipinski definition) is 1. The van der Waals surface area contributed by atoms with Crippen molar-refractivity contribution in [2.45, 2.75) is 25.7 Å². The molecular weight excluding hydrogens is 910 g/mol. The summed E-state index contributed by atoms with van der Waals surface area (Å²) in [5.74, 6) is 0. The predicted octanol–water partition coefficient (Wildman–Crippen LogP) is 9.83. The average Bonchev–Trinajstić information content (AvgIpc) is 3.92. The Morgan fingerprint density at radius 1 is 0.500 bits per heavy atom. The quantitative estimate of drug-likeness (QED) is 0.161. The fraction of sp³-hybridized carbons (Fsp3) is 0.0800. The Bertz CT molecular complexity index is 3320.